The number of rotatable bonds is 5. The van der Waals surface area contributed by atoms with Crippen LogP contribution in [0.15, 0.2) is 30.3 Å². The maximum absolute atomic E-state index is 11.6. The molecule has 2 unspecified atom stereocenters. The molecule has 7 heteroatoms. The predicted molar refractivity (Wildman–Crippen MR) is 67.1 cm³/mol. The summed E-state index contributed by atoms with van der Waals surface area (Å²) in [5.74, 6) is -1.91. The molecule has 2 atom stereocenters. The van der Waals surface area contributed by atoms with Gasteiger partial charge in [-0.2, -0.15) is 0 Å². The minimum atomic E-state index is -1.20. The van der Waals surface area contributed by atoms with E-state index < -0.39 is 30.0 Å². The third-order valence-corrected chi connectivity index (χ3v) is 2.43. The molecule has 0 radical (unpaired) electrons. The topological polar surface area (TPSA) is 122 Å². The van der Waals surface area contributed by atoms with Gasteiger partial charge < -0.3 is 21.5 Å². The first-order chi connectivity index (χ1) is 8.91. The average molecular weight is 265 g/mol. The molecule has 102 valence electrons. The van der Waals surface area contributed by atoms with Crippen molar-refractivity contribution in [2.24, 2.45) is 5.73 Å². The number of carboxylic acids is 1. The van der Waals surface area contributed by atoms with E-state index in [4.69, 9.17) is 10.8 Å². The van der Waals surface area contributed by atoms with Gasteiger partial charge in [-0.15, -0.1) is 0 Å². The monoisotopic (exact) mass is 265 g/mol. The summed E-state index contributed by atoms with van der Waals surface area (Å²) in [4.78, 5) is 33.5. The van der Waals surface area contributed by atoms with Crippen LogP contribution in [-0.2, 0) is 9.59 Å². The molecule has 0 saturated heterocycles. The molecular weight excluding hydrogens is 250 g/mol. The Hall–Kier alpha value is -2.57. The lowest BCUT2D eigenvalue weighted by molar-refractivity contribution is -0.139. The number of hydrogen-bond acceptors (Lipinski definition) is 3. The molecule has 1 aromatic rings. The van der Waals surface area contributed by atoms with Crippen molar-refractivity contribution in [3.8, 4) is 0 Å². The van der Waals surface area contributed by atoms with E-state index in [2.05, 4.69) is 10.6 Å². The minimum Gasteiger partial charge on any atom is -0.479 e. The van der Waals surface area contributed by atoms with E-state index in [1.165, 1.54) is 6.92 Å². The third-order valence-electron chi connectivity index (χ3n) is 2.43. The summed E-state index contributed by atoms with van der Waals surface area (Å²) in [7, 11) is 0. The van der Waals surface area contributed by atoms with Crippen LogP contribution in [0.25, 0.3) is 0 Å². The highest BCUT2D eigenvalue weighted by Gasteiger charge is 2.23. The molecule has 0 aromatic heterocycles. The summed E-state index contributed by atoms with van der Waals surface area (Å²) in [6.45, 7) is 1.40. The normalized spacial score (nSPS) is 13.1. The summed E-state index contributed by atoms with van der Waals surface area (Å²) < 4.78 is 0. The van der Waals surface area contributed by atoms with Gasteiger partial charge in [-0.3, -0.25) is 4.79 Å². The second kappa shape index (κ2) is 6.39. The minimum absolute atomic E-state index is 0.428. The molecule has 0 spiro atoms. The Kier molecular flexibility index (Phi) is 4.87. The summed E-state index contributed by atoms with van der Waals surface area (Å²) in [5.41, 5.74) is 5.42. The molecule has 0 aliphatic carbocycles. The van der Waals surface area contributed by atoms with Gasteiger partial charge in [0, 0.05) is 0 Å². The number of benzene rings is 1. The number of aliphatic carboxylic acids is 1. The van der Waals surface area contributed by atoms with E-state index in [1.54, 1.807) is 30.3 Å². The molecule has 3 amide bonds. The SMILES string of the molecule is CC(NC(=O)NC(C(=O)O)c1ccccc1)C(N)=O. The Morgan fingerprint density at radius 3 is 2.21 bits per heavy atom. The molecule has 0 saturated carbocycles. The zero-order valence-corrected chi connectivity index (χ0v) is 10.3. The van der Waals surface area contributed by atoms with Crippen molar-refractivity contribution >= 4 is 17.9 Å². The smallest absolute Gasteiger partial charge is 0.330 e. The van der Waals surface area contributed by atoms with Crippen molar-refractivity contribution in [1.82, 2.24) is 10.6 Å². The van der Waals surface area contributed by atoms with Crippen LogP contribution in [0.5, 0.6) is 0 Å². The van der Waals surface area contributed by atoms with Crippen molar-refractivity contribution in [1.29, 1.82) is 0 Å². The van der Waals surface area contributed by atoms with E-state index in [9.17, 15) is 14.4 Å². The molecule has 7 nitrogen and oxygen atoms in total. The molecule has 0 bridgehead atoms. The first-order valence-electron chi connectivity index (χ1n) is 5.56. The second-order valence-corrected chi connectivity index (χ2v) is 3.92. The first-order valence-corrected chi connectivity index (χ1v) is 5.56. The molecule has 5 N–H and O–H groups in total. The summed E-state index contributed by atoms with van der Waals surface area (Å²) in [6, 6.07) is 5.37. The van der Waals surface area contributed by atoms with Crippen LogP contribution < -0.4 is 16.4 Å². The van der Waals surface area contributed by atoms with Crippen LogP contribution in [0.3, 0.4) is 0 Å². The van der Waals surface area contributed by atoms with Crippen molar-refractivity contribution in [3.63, 3.8) is 0 Å². The second-order valence-electron chi connectivity index (χ2n) is 3.92. The number of primary amides is 1. The Bertz CT molecular complexity index is 475. The van der Waals surface area contributed by atoms with Gasteiger partial charge >= 0.3 is 12.0 Å². The lowest BCUT2D eigenvalue weighted by atomic mass is 10.1. The molecule has 0 aliphatic rings. The molecule has 1 aromatic carbocycles. The Morgan fingerprint density at radius 2 is 1.74 bits per heavy atom. The van der Waals surface area contributed by atoms with Crippen molar-refractivity contribution < 1.29 is 19.5 Å². The molecule has 1 rings (SSSR count). The molecular formula is C12H15N3O4. The van der Waals surface area contributed by atoms with E-state index in [0.717, 1.165) is 0 Å². The lowest BCUT2D eigenvalue weighted by Crippen LogP contribution is -2.48. The van der Waals surface area contributed by atoms with Crippen molar-refractivity contribution in [3.05, 3.63) is 35.9 Å². The number of carbonyl (C=O) groups excluding carboxylic acids is 2. The molecule has 0 heterocycles. The number of urea groups is 1. The fourth-order valence-corrected chi connectivity index (χ4v) is 1.37. The van der Waals surface area contributed by atoms with Gasteiger partial charge in [0.1, 0.15) is 6.04 Å². The highest BCUT2D eigenvalue weighted by atomic mass is 16.4. The van der Waals surface area contributed by atoms with E-state index in [0.29, 0.717) is 5.56 Å². The Labute approximate surface area is 109 Å². The van der Waals surface area contributed by atoms with Gasteiger partial charge in [0.25, 0.3) is 0 Å². The summed E-state index contributed by atoms with van der Waals surface area (Å²) >= 11 is 0. The van der Waals surface area contributed by atoms with Crippen LogP contribution >= 0.6 is 0 Å². The highest BCUT2D eigenvalue weighted by Crippen LogP contribution is 2.12. The Morgan fingerprint density at radius 1 is 1.16 bits per heavy atom. The van der Waals surface area contributed by atoms with E-state index in [-0.39, 0.29) is 0 Å². The number of carboxylic acid groups (broad SMARTS) is 1. The Balaban J connectivity index is 2.73. The average Bonchev–Trinajstić information content (AvgIpc) is 2.36. The fourth-order valence-electron chi connectivity index (χ4n) is 1.37. The quantitative estimate of drug-likeness (QED) is 0.598. The van der Waals surface area contributed by atoms with Crippen LogP contribution in [0.4, 0.5) is 4.79 Å². The standard InChI is InChI=1S/C12H15N3O4/c1-7(10(13)16)14-12(19)15-9(11(17)18)8-5-3-2-4-6-8/h2-7,9H,1H3,(H2,13,16)(H,17,18)(H2,14,15,19). The number of hydrogen-bond donors (Lipinski definition) is 4. The van der Waals surface area contributed by atoms with Gasteiger partial charge in [-0.25, -0.2) is 9.59 Å². The van der Waals surface area contributed by atoms with E-state index >= 15 is 0 Å². The highest BCUT2D eigenvalue weighted by molar-refractivity contribution is 5.88. The van der Waals surface area contributed by atoms with Crippen LogP contribution in [0.1, 0.15) is 18.5 Å². The van der Waals surface area contributed by atoms with Gasteiger partial charge in [-0.1, -0.05) is 30.3 Å². The zero-order chi connectivity index (χ0) is 14.4. The summed E-state index contributed by atoms with van der Waals surface area (Å²) in [6.07, 6.45) is 0. The van der Waals surface area contributed by atoms with Gasteiger partial charge in [0.2, 0.25) is 5.91 Å². The predicted octanol–water partition coefficient (Wildman–Crippen LogP) is -0.0147. The van der Waals surface area contributed by atoms with E-state index in [1.807, 2.05) is 0 Å². The lowest BCUT2D eigenvalue weighted by Gasteiger charge is -2.17. The molecule has 0 aliphatic heterocycles. The van der Waals surface area contributed by atoms with Gasteiger partial charge in [0.05, 0.1) is 0 Å². The number of amides is 3. The molecule has 0 fully saturated rings. The van der Waals surface area contributed by atoms with Crippen LogP contribution in [0.2, 0.25) is 0 Å². The summed E-state index contributed by atoms with van der Waals surface area (Å²) in [5, 5.41) is 13.6. The van der Waals surface area contributed by atoms with Crippen LogP contribution in [-0.4, -0.2) is 29.1 Å². The largest absolute Gasteiger partial charge is 0.479 e. The number of nitrogens with one attached hydrogen (secondary N) is 2. The third kappa shape index (κ3) is 4.30. The van der Waals surface area contributed by atoms with Crippen LogP contribution in [0, 0.1) is 0 Å². The zero-order valence-electron chi connectivity index (χ0n) is 10.3. The fraction of sp³-hybridized carbons (Fsp3) is 0.250. The van der Waals surface area contributed by atoms with Crippen molar-refractivity contribution in [2.75, 3.05) is 0 Å². The maximum Gasteiger partial charge on any atom is 0.330 e. The number of carbonyl (C=O) groups is 3. The molecule has 19 heavy (non-hydrogen) atoms. The van der Waals surface area contributed by atoms with Gasteiger partial charge in [0.15, 0.2) is 6.04 Å². The number of nitrogens with two attached hydrogens (primary N) is 1. The van der Waals surface area contributed by atoms with Gasteiger partial charge in [-0.05, 0) is 12.5 Å². The maximum atomic E-state index is 11.6. The van der Waals surface area contributed by atoms with Crippen molar-refractivity contribution in [2.45, 2.75) is 19.0 Å². The first kappa shape index (κ1) is 14.5.